The van der Waals surface area contributed by atoms with Gasteiger partial charge >= 0.3 is 6.18 Å². The summed E-state index contributed by atoms with van der Waals surface area (Å²) in [7, 11) is 2.93. The minimum Gasteiger partial charge on any atom is -0.493 e. The van der Waals surface area contributed by atoms with E-state index in [0.29, 0.717) is 33.4 Å². The Balaban J connectivity index is 1.64. The van der Waals surface area contributed by atoms with E-state index in [2.05, 4.69) is 10.3 Å². The molecule has 1 heterocycles. The molecule has 0 spiro atoms. The molecule has 1 N–H and O–H groups in total. The number of rotatable bonds is 9. The van der Waals surface area contributed by atoms with Gasteiger partial charge in [-0.1, -0.05) is 36.0 Å². The first kappa shape index (κ1) is 28.0. The van der Waals surface area contributed by atoms with Crippen LogP contribution in [0.3, 0.4) is 0 Å². The third kappa shape index (κ3) is 6.72. The number of fused-ring (bicyclic) bond motifs is 1. The third-order valence-corrected chi connectivity index (χ3v) is 6.94. The van der Waals surface area contributed by atoms with Crippen molar-refractivity contribution in [1.82, 2.24) is 9.55 Å². The first-order chi connectivity index (χ1) is 18.6. The van der Waals surface area contributed by atoms with E-state index < -0.39 is 11.7 Å². The number of aryl methyl sites for hydroxylation is 2. The van der Waals surface area contributed by atoms with Crippen LogP contribution in [0, 0.1) is 6.92 Å². The zero-order valence-corrected chi connectivity index (χ0v) is 22.3. The molecule has 0 saturated heterocycles. The number of thioether (sulfide) groups is 1. The number of halogens is 3. The largest absolute Gasteiger partial charge is 0.493 e. The van der Waals surface area contributed by atoms with Gasteiger partial charge in [-0.15, -0.1) is 0 Å². The summed E-state index contributed by atoms with van der Waals surface area (Å²) in [5.41, 5.74) is 1.53. The van der Waals surface area contributed by atoms with E-state index in [1.807, 2.05) is 25.1 Å². The van der Waals surface area contributed by atoms with E-state index in [9.17, 15) is 22.8 Å². The van der Waals surface area contributed by atoms with Gasteiger partial charge in [0, 0.05) is 18.3 Å². The molecule has 1 amide bonds. The second-order valence-corrected chi connectivity index (χ2v) is 9.67. The van der Waals surface area contributed by atoms with Crippen molar-refractivity contribution in [2.75, 3.05) is 25.3 Å². The number of amides is 1. The molecule has 11 heteroatoms. The molecule has 39 heavy (non-hydrogen) atoms. The number of methoxy groups -OCH3 is 2. The van der Waals surface area contributed by atoms with Gasteiger partial charge in [0.2, 0.25) is 5.91 Å². The van der Waals surface area contributed by atoms with E-state index in [-0.39, 0.29) is 35.6 Å². The summed E-state index contributed by atoms with van der Waals surface area (Å²) in [5.74, 6) is 0.463. The minimum atomic E-state index is -4.43. The minimum absolute atomic E-state index is 0.0144. The van der Waals surface area contributed by atoms with Crippen LogP contribution in [0.25, 0.3) is 10.9 Å². The van der Waals surface area contributed by atoms with Gasteiger partial charge in [0.25, 0.3) is 5.56 Å². The van der Waals surface area contributed by atoms with Crippen molar-refractivity contribution >= 4 is 34.3 Å². The van der Waals surface area contributed by atoms with E-state index >= 15 is 0 Å². The van der Waals surface area contributed by atoms with Gasteiger partial charge in [0.05, 0.1) is 36.4 Å². The Bertz CT molecular complexity index is 1550. The van der Waals surface area contributed by atoms with Gasteiger partial charge in [-0.05, 0) is 54.8 Å². The Morgan fingerprint density at radius 1 is 1.03 bits per heavy atom. The van der Waals surface area contributed by atoms with Gasteiger partial charge in [0.1, 0.15) is 0 Å². The molecule has 0 aliphatic rings. The maximum absolute atomic E-state index is 13.6. The lowest BCUT2D eigenvalue weighted by Gasteiger charge is -2.15. The molecule has 0 saturated carbocycles. The summed E-state index contributed by atoms with van der Waals surface area (Å²) in [6.07, 6.45) is -4.15. The summed E-state index contributed by atoms with van der Waals surface area (Å²) in [6.45, 7) is 2.06. The summed E-state index contributed by atoms with van der Waals surface area (Å²) < 4.78 is 50.9. The number of ether oxygens (including phenoxy) is 2. The first-order valence-corrected chi connectivity index (χ1v) is 12.9. The Hall–Kier alpha value is -3.99. The number of hydrogen-bond acceptors (Lipinski definition) is 6. The maximum Gasteiger partial charge on any atom is 0.416 e. The lowest BCUT2D eigenvalue weighted by Crippen LogP contribution is -2.25. The molecule has 0 aliphatic heterocycles. The Morgan fingerprint density at radius 2 is 1.72 bits per heavy atom. The molecular weight excluding hydrogens is 531 g/mol. The van der Waals surface area contributed by atoms with Crippen LogP contribution in [-0.2, 0) is 23.9 Å². The number of carbonyl (C=O) groups is 1. The van der Waals surface area contributed by atoms with E-state index in [4.69, 9.17) is 9.47 Å². The van der Waals surface area contributed by atoms with Crippen LogP contribution in [0.2, 0.25) is 0 Å². The number of hydrogen-bond donors (Lipinski definition) is 1. The number of nitrogens with zero attached hydrogens (tertiary/aromatic N) is 2. The lowest BCUT2D eigenvalue weighted by molar-refractivity contribution is -0.137. The maximum atomic E-state index is 13.6. The average Bonchev–Trinajstić information content (AvgIpc) is 2.90. The SMILES string of the molecule is COc1cc2nc(SCC(=O)Nc3cccc(C)c3)n(CCc3ccc(C(F)(F)F)cc3)c(=O)c2cc1OC. The second-order valence-electron chi connectivity index (χ2n) is 8.73. The second kappa shape index (κ2) is 11.8. The molecule has 4 rings (SSSR count). The monoisotopic (exact) mass is 557 g/mol. The van der Waals surface area contributed by atoms with Gasteiger partial charge in [-0.3, -0.25) is 14.2 Å². The van der Waals surface area contributed by atoms with Crippen molar-refractivity contribution in [2.24, 2.45) is 0 Å². The van der Waals surface area contributed by atoms with Gasteiger partial charge in [-0.25, -0.2) is 4.98 Å². The molecule has 3 aromatic carbocycles. The summed E-state index contributed by atoms with van der Waals surface area (Å²) in [5, 5.41) is 3.41. The number of nitrogens with one attached hydrogen (secondary N) is 1. The fraction of sp³-hybridized carbons (Fsp3) is 0.250. The van der Waals surface area contributed by atoms with Crippen molar-refractivity contribution in [3.05, 3.63) is 87.7 Å². The van der Waals surface area contributed by atoms with Gasteiger partial charge in [-0.2, -0.15) is 13.2 Å². The predicted octanol–water partition coefficient (Wildman–Crippen LogP) is 5.71. The van der Waals surface area contributed by atoms with E-state index in [1.54, 1.807) is 12.1 Å². The van der Waals surface area contributed by atoms with Gasteiger partial charge in [0.15, 0.2) is 16.7 Å². The molecule has 1 aromatic heterocycles. The van der Waals surface area contributed by atoms with Crippen molar-refractivity contribution in [3.63, 3.8) is 0 Å². The van der Waals surface area contributed by atoms with Gasteiger partial charge < -0.3 is 14.8 Å². The van der Waals surface area contributed by atoms with Crippen molar-refractivity contribution in [2.45, 2.75) is 31.2 Å². The number of benzene rings is 3. The third-order valence-electron chi connectivity index (χ3n) is 5.96. The summed E-state index contributed by atoms with van der Waals surface area (Å²) >= 11 is 1.09. The fourth-order valence-electron chi connectivity index (χ4n) is 3.99. The quantitative estimate of drug-likeness (QED) is 0.210. The lowest BCUT2D eigenvalue weighted by atomic mass is 10.1. The molecule has 0 unspecified atom stereocenters. The molecule has 4 aromatic rings. The van der Waals surface area contributed by atoms with Crippen LogP contribution in [0.5, 0.6) is 11.5 Å². The van der Waals surface area contributed by atoms with Crippen LogP contribution in [0.4, 0.5) is 18.9 Å². The molecule has 0 aliphatic carbocycles. The normalized spacial score (nSPS) is 11.4. The molecular formula is C28H26F3N3O4S. The molecule has 0 bridgehead atoms. The van der Waals surface area contributed by atoms with Crippen LogP contribution < -0.4 is 20.3 Å². The van der Waals surface area contributed by atoms with Crippen molar-refractivity contribution in [1.29, 1.82) is 0 Å². The highest BCUT2D eigenvalue weighted by Crippen LogP contribution is 2.32. The van der Waals surface area contributed by atoms with Crippen LogP contribution in [0.15, 0.2) is 70.6 Å². The molecule has 7 nitrogen and oxygen atoms in total. The van der Waals surface area contributed by atoms with Crippen LogP contribution in [-0.4, -0.2) is 35.4 Å². The highest BCUT2D eigenvalue weighted by Gasteiger charge is 2.30. The Morgan fingerprint density at radius 3 is 2.36 bits per heavy atom. The molecule has 0 atom stereocenters. The molecule has 204 valence electrons. The Kier molecular flexibility index (Phi) is 8.49. The highest BCUT2D eigenvalue weighted by molar-refractivity contribution is 7.99. The fourth-order valence-corrected chi connectivity index (χ4v) is 4.81. The Labute approximate surface area is 227 Å². The first-order valence-electron chi connectivity index (χ1n) is 11.9. The number of anilines is 1. The predicted molar refractivity (Wildman–Crippen MR) is 145 cm³/mol. The van der Waals surface area contributed by atoms with Crippen LogP contribution in [0.1, 0.15) is 16.7 Å². The number of alkyl halides is 3. The number of aromatic nitrogens is 2. The standard InChI is InChI=1S/C28H26F3N3O4S/c1-17-5-4-6-20(13-17)32-25(35)16-39-27-33-22-15-24(38-3)23(37-2)14-21(22)26(36)34(27)12-11-18-7-9-19(10-8-18)28(29,30)31/h4-10,13-15H,11-12,16H2,1-3H3,(H,32,35). The summed E-state index contributed by atoms with van der Waals surface area (Å²) in [4.78, 5) is 30.9. The zero-order chi connectivity index (χ0) is 28.2. The average molecular weight is 558 g/mol. The number of carbonyl (C=O) groups excluding carboxylic acids is 1. The van der Waals surface area contributed by atoms with Crippen LogP contribution >= 0.6 is 11.8 Å². The summed E-state index contributed by atoms with van der Waals surface area (Å²) in [6, 6.07) is 15.3. The highest BCUT2D eigenvalue weighted by atomic mass is 32.2. The zero-order valence-electron chi connectivity index (χ0n) is 21.5. The van der Waals surface area contributed by atoms with E-state index in [0.717, 1.165) is 29.5 Å². The smallest absolute Gasteiger partial charge is 0.416 e. The van der Waals surface area contributed by atoms with E-state index in [1.165, 1.54) is 37.0 Å². The molecule has 0 radical (unpaired) electrons. The topological polar surface area (TPSA) is 82.5 Å². The van der Waals surface area contributed by atoms with Crippen molar-refractivity contribution in [3.8, 4) is 11.5 Å². The van der Waals surface area contributed by atoms with Crippen molar-refractivity contribution < 1.29 is 27.4 Å². The molecule has 0 fully saturated rings.